The van der Waals surface area contributed by atoms with Gasteiger partial charge in [0, 0.05) is 0 Å². The minimum atomic E-state index is -0.880. The molecule has 1 rings (SSSR count). The maximum Gasteiger partial charge on any atom is 0.307 e. The van der Waals surface area contributed by atoms with Gasteiger partial charge in [0.25, 0.3) is 0 Å². The molecule has 0 unspecified atom stereocenters. The van der Waals surface area contributed by atoms with Crippen molar-refractivity contribution in [3.63, 3.8) is 0 Å². The van der Waals surface area contributed by atoms with Gasteiger partial charge in [-0.2, -0.15) is 0 Å². The Morgan fingerprint density at radius 1 is 1.54 bits per heavy atom. The van der Waals surface area contributed by atoms with Crippen molar-refractivity contribution in [2.45, 2.75) is 6.42 Å². The smallest absolute Gasteiger partial charge is 0.307 e. The lowest BCUT2D eigenvalue weighted by atomic mass is 10.3. The van der Waals surface area contributed by atoms with E-state index in [1.165, 1.54) is 18.3 Å². The lowest BCUT2D eigenvalue weighted by molar-refractivity contribution is -0.135. The molecule has 4 nitrogen and oxygen atoms in total. The molecular formula is C9H9NO3. The summed E-state index contributed by atoms with van der Waals surface area (Å²) in [6.07, 6.45) is 4.37. The third-order valence-electron chi connectivity index (χ3n) is 1.35. The molecule has 0 aliphatic heterocycles. The fourth-order valence-electron chi connectivity index (χ4n) is 0.777. The Labute approximate surface area is 75.2 Å². The number of nitrogens with zero attached hydrogens (tertiary/aromatic N) is 1. The molecule has 1 aromatic rings. The van der Waals surface area contributed by atoms with Gasteiger partial charge in [-0.15, -0.1) is 0 Å². The Morgan fingerprint density at radius 2 is 2.31 bits per heavy atom. The summed E-state index contributed by atoms with van der Waals surface area (Å²) >= 11 is 0. The Morgan fingerprint density at radius 3 is 2.85 bits per heavy atom. The molecule has 1 aromatic heterocycles. The van der Waals surface area contributed by atoms with E-state index in [0.29, 0.717) is 5.69 Å². The van der Waals surface area contributed by atoms with E-state index in [9.17, 15) is 4.79 Å². The van der Waals surface area contributed by atoms with E-state index in [0.717, 1.165) is 0 Å². The summed E-state index contributed by atoms with van der Waals surface area (Å²) < 4.78 is 0. The monoisotopic (exact) mass is 179 g/mol. The number of carboxylic acids is 1. The molecule has 0 fully saturated rings. The molecule has 2 N–H and O–H groups in total. The van der Waals surface area contributed by atoms with E-state index in [1.54, 1.807) is 12.1 Å². The predicted octanol–water partition coefficient (Wildman–Crippen LogP) is 1.28. The van der Waals surface area contributed by atoms with Gasteiger partial charge in [0.2, 0.25) is 0 Å². The van der Waals surface area contributed by atoms with Gasteiger partial charge < -0.3 is 10.2 Å². The normalized spacial score (nSPS) is 10.5. The molecule has 0 aromatic carbocycles. The summed E-state index contributed by atoms with van der Waals surface area (Å²) in [6.45, 7) is 0. The highest BCUT2D eigenvalue weighted by Crippen LogP contribution is 2.07. The summed E-state index contributed by atoms with van der Waals surface area (Å²) in [5.74, 6) is -0.787. The van der Waals surface area contributed by atoms with Gasteiger partial charge in [-0.05, 0) is 18.2 Å². The van der Waals surface area contributed by atoms with E-state index in [1.807, 2.05) is 0 Å². The molecule has 13 heavy (non-hydrogen) atoms. The van der Waals surface area contributed by atoms with Gasteiger partial charge in [-0.25, -0.2) is 0 Å². The van der Waals surface area contributed by atoms with E-state index in [-0.39, 0.29) is 12.2 Å². The van der Waals surface area contributed by atoms with Gasteiger partial charge in [0.05, 0.1) is 18.3 Å². The number of aromatic hydroxyl groups is 1. The van der Waals surface area contributed by atoms with Gasteiger partial charge in [0.1, 0.15) is 5.75 Å². The summed E-state index contributed by atoms with van der Waals surface area (Å²) in [4.78, 5) is 14.0. The van der Waals surface area contributed by atoms with Crippen LogP contribution in [-0.2, 0) is 4.79 Å². The SMILES string of the molecule is O=C(O)CC=Cc1ccc(O)cn1. The summed E-state index contributed by atoms with van der Waals surface area (Å²) in [5.41, 5.74) is 0.624. The lowest BCUT2D eigenvalue weighted by Gasteiger charge is -1.92. The maximum atomic E-state index is 10.1. The van der Waals surface area contributed by atoms with Crippen molar-refractivity contribution in [2.75, 3.05) is 0 Å². The predicted molar refractivity (Wildman–Crippen MR) is 47.2 cm³/mol. The zero-order valence-electron chi connectivity index (χ0n) is 6.84. The summed E-state index contributed by atoms with van der Waals surface area (Å²) in [7, 11) is 0. The van der Waals surface area contributed by atoms with Crippen LogP contribution in [0.2, 0.25) is 0 Å². The number of hydrogen-bond acceptors (Lipinski definition) is 3. The van der Waals surface area contributed by atoms with Crippen LogP contribution in [0.4, 0.5) is 0 Å². The average molecular weight is 179 g/mol. The highest BCUT2D eigenvalue weighted by atomic mass is 16.4. The van der Waals surface area contributed by atoms with Crippen LogP contribution in [0.15, 0.2) is 24.4 Å². The first kappa shape index (κ1) is 9.25. The van der Waals surface area contributed by atoms with E-state index >= 15 is 0 Å². The van der Waals surface area contributed by atoms with Crippen LogP contribution in [0.25, 0.3) is 6.08 Å². The quantitative estimate of drug-likeness (QED) is 0.733. The Balaban J connectivity index is 2.59. The number of carbonyl (C=O) groups is 1. The van der Waals surface area contributed by atoms with E-state index in [4.69, 9.17) is 10.2 Å². The molecule has 0 aliphatic rings. The first-order chi connectivity index (χ1) is 6.18. The molecule has 0 radical (unpaired) electrons. The fraction of sp³-hybridized carbons (Fsp3) is 0.111. The molecule has 0 bridgehead atoms. The zero-order chi connectivity index (χ0) is 9.68. The summed E-state index contributed by atoms with van der Waals surface area (Å²) in [5, 5.41) is 17.2. The van der Waals surface area contributed by atoms with Crippen LogP contribution < -0.4 is 0 Å². The number of hydrogen-bond donors (Lipinski definition) is 2. The van der Waals surface area contributed by atoms with E-state index < -0.39 is 5.97 Å². The molecule has 0 amide bonds. The van der Waals surface area contributed by atoms with Crippen molar-refractivity contribution < 1.29 is 15.0 Å². The number of carboxylic acid groups (broad SMARTS) is 1. The van der Waals surface area contributed by atoms with Crippen LogP contribution in [-0.4, -0.2) is 21.2 Å². The zero-order valence-corrected chi connectivity index (χ0v) is 6.84. The molecule has 0 spiro atoms. The second-order valence-corrected chi connectivity index (χ2v) is 2.44. The van der Waals surface area contributed by atoms with Crippen LogP contribution in [0.3, 0.4) is 0 Å². The standard InChI is InChI=1S/C9H9NO3/c11-8-5-4-7(10-6-8)2-1-3-9(12)13/h1-2,4-6,11H,3H2,(H,12,13). The molecular weight excluding hydrogens is 170 g/mol. The van der Waals surface area contributed by atoms with Crippen molar-refractivity contribution in [1.29, 1.82) is 0 Å². The van der Waals surface area contributed by atoms with Crippen molar-refractivity contribution in [2.24, 2.45) is 0 Å². The number of aliphatic carboxylic acids is 1. The lowest BCUT2D eigenvalue weighted by Crippen LogP contribution is -1.89. The molecule has 4 heteroatoms. The van der Waals surface area contributed by atoms with Crippen LogP contribution in [0.1, 0.15) is 12.1 Å². The minimum Gasteiger partial charge on any atom is -0.506 e. The number of aromatic nitrogens is 1. The van der Waals surface area contributed by atoms with Gasteiger partial charge >= 0.3 is 5.97 Å². The highest BCUT2D eigenvalue weighted by molar-refractivity contribution is 5.70. The largest absolute Gasteiger partial charge is 0.506 e. The van der Waals surface area contributed by atoms with Crippen molar-refractivity contribution in [1.82, 2.24) is 4.98 Å². The molecule has 0 saturated heterocycles. The molecule has 68 valence electrons. The Hall–Kier alpha value is -1.84. The molecule has 0 saturated carbocycles. The summed E-state index contributed by atoms with van der Waals surface area (Å²) in [6, 6.07) is 3.10. The number of rotatable bonds is 3. The van der Waals surface area contributed by atoms with Crippen molar-refractivity contribution in [3.05, 3.63) is 30.1 Å². The highest BCUT2D eigenvalue weighted by Gasteiger charge is 1.91. The Kier molecular flexibility index (Phi) is 3.03. The third-order valence-corrected chi connectivity index (χ3v) is 1.35. The molecule has 1 heterocycles. The second kappa shape index (κ2) is 4.25. The topological polar surface area (TPSA) is 70.4 Å². The van der Waals surface area contributed by atoms with Crippen LogP contribution in [0, 0.1) is 0 Å². The van der Waals surface area contributed by atoms with Gasteiger partial charge in [-0.3, -0.25) is 9.78 Å². The second-order valence-electron chi connectivity index (χ2n) is 2.44. The van der Waals surface area contributed by atoms with Crippen molar-refractivity contribution in [3.8, 4) is 5.75 Å². The van der Waals surface area contributed by atoms with Crippen LogP contribution >= 0.6 is 0 Å². The van der Waals surface area contributed by atoms with Gasteiger partial charge in [-0.1, -0.05) is 6.08 Å². The molecule has 0 aliphatic carbocycles. The van der Waals surface area contributed by atoms with Crippen molar-refractivity contribution >= 4 is 12.0 Å². The minimum absolute atomic E-state index is 0.0252. The average Bonchev–Trinajstić information content (AvgIpc) is 2.08. The fourth-order valence-corrected chi connectivity index (χ4v) is 0.777. The Bertz CT molecular complexity index is 316. The van der Waals surface area contributed by atoms with Crippen LogP contribution in [0.5, 0.6) is 5.75 Å². The first-order valence-electron chi connectivity index (χ1n) is 3.72. The third kappa shape index (κ3) is 3.37. The maximum absolute atomic E-state index is 10.1. The van der Waals surface area contributed by atoms with Gasteiger partial charge in [0.15, 0.2) is 0 Å². The first-order valence-corrected chi connectivity index (χ1v) is 3.72. The molecule has 0 atom stereocenters. The van der Waals surface area contributed by atoms with E-state index in [2.05, 4.69) is 4.98 Å². The number of pyridine rings is 1.